The second kappa shape index (κ2) is 6.79. The van der Waals surface area contributed by atoms with Gasteiger partial charge in [-0.25, -0.2) is 0 Å². The lowest BCUT2D eigenvalue weighted by atomic mass is 9.83. The summed E-state index contributed by atoms with van der Waals surface area (Å²) in [5.41, 5.74) is 0.553. The van der Waals surface area contributed by atoms with Crippen molar-refractivity contribution in [1.29, 1.82) is 0 Å². The average Bonchev–Trinajstić information content (AvgIpc) is 2.59. The fourth-order valence-corrected chi connectivity index (χ4v) is 4.04. The summed E-state index contributed by atoms with van der Waals surface area (Å²) in [6, 6.07) is 5.84. The van der Waals surface area contributed by atoms with E-state index in [2.05, 4.69) is 16.8 Å². The molecule has 5 nitrogen and oxygen atoms in total. The second-order valence-corrected chi connectivity index (χ2v) is 6.56. The number of hydrogen-bond acceptors (Lipinski definition) is 4. The summed E-state index contributed by atoms with van der Waals surface area (Å²) in [6.07, 6.45) is 3.32. The highest BCUT2D eigenvalue weighted by Gasteiger charge is 2.38. The lowest BCUT2D eigenvalue weighted by molar-refractivity contribution is 0.0249. The van der Waals surface area contributed by atoms with Crippen LogP contribution in [0.1, 0.15) is 29.6 Å². The van der Waals surface area contributed by atoms with E-state index in [-0.39, 0.29) is 5.91 Å². The monoisotopic (exact) mass is 318 g/mol. The van der Waals surface area contributed by atoms with Gasteiger partial charge in [0.25, 0.3) is 5.91 Å². The quantitative estimate of drug-likeness (QED) is 0.857. The van der Waals surface area contributed by atoms with E-state index < -0.39 is 0 Å². The van der Waals surface area contributed by atoms with Gasteiger partial charge in [0.05, 0.1) is 14.2 Å². The lowest BCUT2D eigenvalue weighted by Crippen LogP contribution is -2.55. The molecule has 2 unspecified atom stereocenters. The van der Waals surface area contributed by atoms with Crippen molar-refractivity contribution in [2.75, 3.05) is 40.9 Å². The van der Waals surface area contributed by atoms with Crippen LogP contribution >= 0.6 is 0 Å². The predicted molar refractivity (Wildman–Crippen MR) is 89.2 cm³/mol. The van der Waals surface area contributed by atoms with Crippen LogP contribution in [0.3, 0.4) is 0 Å². The highest BCUT2D eigenvalue weighted by molar-refractivity contribution is 6.00. The first-order valence-corrected chi connectivity index (χ1v) is 8.36. The summed E-state index contributed by atoms with van der Waals surface area (Å²) in [5, 5.41) is 0. The third kappa shape index (κ3) is 3.02. The van der Waals surface area contributed by atoms with Gasteiger partial charge in [0.1, 0.15) is 17.1 Å². The van der Waals surface area contributed by atoms with E-state index in [9.17, 15) is 4.79 Å². The maximum atomic E-state index is 13.2. The summed E-state index contributed by atoms with van der Waals surface area (Å²) in [5.74, 6) is 1.79. The number of nitrogens with zero attached hydrogens (tertiary/aromatic N) is 2. The zero-order valence-electron chi connectivity index (χ0n) is 14.2. The minimum atomic E-state index is 0.0403. The maximum Gasteiger partial charge on any atom is 0.261 e. The number of rotatable bonds is 3. The van der Waals surface area contributed by atoms with Crippen molar-refractivity contribution in [3.05, 3.63) is 23.8 Å². The zero-order valence-corrected chi connectivity index (χ0v) is 14.2. The first-order chi connectivity index (χ1) is 11.2. The molecule has 0 bridgehead atoms. The van der Waals surface area contributed by atoms with Crippen LogP contribution in [-0.2, 0) is 0 Å². The molecule has 2 atom stereocenters. The molecular formula is C18H26N2O3. The van der Waals surface area contributed by atoms with E-state index in [1.165, 1.54) is 6.42 Å². The van der Waals surface area contributed by atoms with Crippen LogP contribution < -0.4 is 9.47 Å². The Bertz CT molecular complexity index is 553. The molecule has 2 fully saturated rings. The lowest BCUT2D eigenvalue weighted by Gasteiger charge is -2.46. The summed E-state index contributed by atoms with van der Waals surface area (Å²) >= 11 is 0. The molecule has 3 rings (SSSR count). The molecule has 0 aromatic heterocycles. The summed E-state index contributed by atoms with van der Waals surface area (Å²) in [6.45, 7) is 2.95. The topological polar surface area (TPSA) is 42.0 Å². The number of carbonyl (C=O) groups is 1. The van der Waals surface area contributed by atoms with Crippen LogP contribution in [0.4, 0.5) is 0 Å². The van der Waals surface area contributed by atoms with E-state index in [4.69, 9.17) is 9.47 Å². The molecule has 1 amide bonds. The number of carbonyl (C=O) groups excluding carboxylic acids is 1. The molecule has 1 aromatic carbocycles. The first kappa shape index (κ1) is 16.1. The second-order valence-electron chi connectivity index (χ2n) is 6.56. The Labute approximate surface area is 138 Å². The number of likely N-dealkylation sites (tertiary alicyclic amines) is 2. The van der Waals surface area contributed by atoms with Crippen molar-refractivity contribution in [2.24, 2.45) is 5.92 Å². The SMILES string of the molecule is COc1cccc(OC)c1C(=O)N1CCCC2CN(C)CCC21. The van der Waals surface area contributed by atoms with E-state index in [1.54, 1.807) is 14.2 Å². The third-order valence-corrected chi connectivity index (χ3v) is 5.17. The molecule has 1 aromatic rings. The predicted octanol–water partition coefficient (Wildman–Crippen LogP) is 2.26. The van der Waals surface area contributed by atoms with Crippen molar-refractivity contribution in [3.8, 4) is 11.5 Å². The largest absolute Gasteiger partial charge is 0.496 e. The van der Waals surface area contributed by atoms with E-state index in [0.29, 0.717) is 29.0 Å². The number of benzene rings is 1. The molecule has 0 aliphatic carbocycles. The van der Waals surface area contributed by atoms with Crippen LogP contribution in [0.2, 0.25) is 0 Å². The van der Waals surface area contributed by atoms with Crippen LogP contribution in [0.5, 0.6) is 11.5 Å². The highest BCUT2D eigenvalue weighted by atomic mass is 16.5. The van der Waals surface area contributed by atoms with Gasteiger partial charge in [0.2, 0.25) is 0 Å². The van der Waals surface area contributed by atoms with Gasteiger partial charge in [-0.1, -0.05) is 6.07 Å². The molecule has 5 heteroatoms. The fourth-order valence-electron chi connectivity index (χ4n) is 4.04. The van der Waals surface area contributed by atoms with Gasteiger partial charge in [0, 0.05) is 19.1 Å². The van der Waals surface area contributed by atoms with Gasteiger partial charge in [-0.2, -0.15) is 0 Å². The summed E-state index contributed by atoms with van der Waals surface area (Å²) in [7, 11) is 5.36. The van der Waals surface area contributed by atoms with E-state index in [0.717, 1.165) is 32.5 Å². The molecule has 0 saturated carbocycles. The highest BCUT2D eigenvalue weighted by Crippen LogP contribution is 2.35. The molecule has 0 radical (unpaired) electrons. The van der Waals surface area contributed by atoms with Gasteiger partial charge in [-0.15, -0.1) is 0 Å². The number of hydrogen-bond donors (Lipinski definition) is 0. The van der Waals surface area contributed by atoms with Crippen LogP contribution in [-0.4, -0.2) is 62.7 Å². The maximum absolute atomic E-state index is 13.2. The number of piperidine rings is 2. The summed E-state index contributed by atoms with van der Waals surface area (Å²) < 4.78 is 10.8. The first-order valence-electron chi connectivity index (χ1n) is 8.36. The number of ether oxygens (including phenoxy) is 2. The third-order valence-electron chi connectivity index (χ3n) is 5.17. The van der Waals surface area contributed by atoms with Gasteiger partial charge in [-0.3, -0.25) is 4.79 Å². The van der Waals surface area contributed by atoms with E-state index >= 15 is 0 Å². The van der Waals surface area contributed by atoms with E-state index in [1.807, 2.05) is 18.2 Å². The standard InChI is InChI=1S/C18H26N2O3/c1-19-11-9-14-13(12-19)6-5-10-20(14)18(21)17-15(22-2)7-4-8-16(17)23-3/h4,7-8,13-14H,5-6,9-12H2,1-3H3. The molecule has 2 saturated heterocycles. The molecule has 2 aliphatic heterocycles. The van der Waals surface area contributed by atoms with Crippen molar-refractivity contribution in [1.82, 2.24) is 9.80 Å². The van der Waals surface area contributed by atoms with Gasteiger partial charge in [0.15, 0.2) is 0 Å². The number of amides is 1. The normalized spacial score (nSPS) is 24.9. The Hall–Kier alpha value is -1.75. The van der Waals surface area contributed by atoms with Crippen molar-refractivity contribution in [2.45, 2.75) is 25.3 Å². The Balaban J connectivity index is 1.91. The Morgan fingerprint density at radius 2 is 1.83 bits per heavy atom. The molecule has 23 heavy (non-hydrogen) atoms. The van der Waals surface area contributed by atoms with Gasteiger partial charge in [-0.05, 0) is 50.9 Å². The van der Waals surface area contributed by atoms with Crippen molar-refractivity contribution >= 4 is 5.91 Å². The molecule has 2 heterocycles. The minimum Gasteiger partial charge on any atom is -0.496 e. The van der Waals surface area contributed by atoms with Crippen LogP contribution in [0.15, 0.2) is 18.2 Å². The molecular weight excluding hydrogens is 292 g/mol. The van der Waals surface area contributed by atoms with Crippen LogP contribution in [0, 0.1) is 5.92 Å². The average molecular weight is 318 g/mol. The fraction of sp³-hybridized carbons (Fsp3) is 0.611. The van der Waals surface area contributed by atoms with Gasteiger partial charge < -0.3 is 19.3 Å². The van der Waals surface area contributed by atoms with Gasteiger partial charge >= 0.3 is 0 Å². The molecule has 0 spiro atoms. The smallest absolute Gasteiger partial charge is 0.261 e. The summed E-state index contributed by atoms with van der Waals surface area (Å²) in [4.78, 5) is 17.7. The zero-order chi connectivity index (χ0) is 16.4. The molecule has 0 N–H and O–H groups in total. The number of methoxy groups -OCH3 is 2. The molecule has 126 valence electrons. The van der Waals surface area contributed by atoms with Crippen LogP contribution in [0.25, 0.3) is 0 Å². The van der Waals surface area contributed by atoms with Crippen molar-refractivity contribution < 1.29 is 14.3 Å². The Kier molecular flexibility index (Phi) is 4.76. The Morgan fingerprint density at radius 3 is 2.48 bits per heavy atom. The van der Waals surface area contributed by atoms with Crippen molar-refractivity contribution in [3.63, 3.8) is 0 Å². The minimum absolute atomic E-state index is 0.0403. The number of fused-ring (bicyclic) bond motifs is 1. The molecule has 2 aliphatic rings. The Morgan fingerprint density at radius 1 is 1.13 bits per heavy atom.